The summed E-state index contributed by atoms with van der Waals surface area (Å²) in [6, 6.07) is 7.50. The van der Waals surface area contributed by atoms with E-state index in [1.54, 1.807) is 0 Å². The molecule has 1 saturated heterocycles. The quantitative estimate of drug-likeness (QED) is 0.713. The van der Waals surface area contributed by atoms with Gasteiger partial charge in [0.05, 0.1) is 12.2 Å². The number of para-hydroxylation sites is 1. The Morgan fingerprint density at radius 1 is 1.26 bits per heavy atom. The van der Waals surface area contributed by atoms with E-state index in [1.165, 1.54) is 0 Å². The van der Waals surface area contributed by atoms with Gasteiger partial charge in [0.25, 0.3) is 0 Å². The molecule has 19 heavy (non-hydrogen) atoms. The molecule has 0 unspecified atom stereocenters. The maximum Gasteiger partial charge on any atom is 0.243 e. The average molecular weight is 266 g/mol. The lowest BCUT2D eigenvalue weighted by atomic mass is 9.91. The fourth-order valence-corrected chi connectivity index (χ4v) is 2.88. The number of fused-ring (bicyclic) bond motifs is 1. The molecule has 4 atom stereocenters. The average Bonchev–Trinajstić information content (AvgIpc) is 2.75. The van der Waals surface area contributed by atoms with Gasteiger partial charge in [0.15, 0.2) is 0 Å². The van der Waals surface area contributed by atoms with Gasteiger partial charge in [0, 0.05) is 25.0 Å². The third kappa shape index (κ3) is 2.12. The number of aliphatic hydroxyl groups excluding tert-OH is 3. The first-order valence-corrected chi connectivity index (χ1v) is 6.56. The monoisotopic (exact) mass is 266 g/mol. The molecule has 1 fully saturated rings. The van der Waals surface area contributed by atoms with Crippen LogP contribution in [0.4, 0.5) is 0 Å². The van der Waals surface area contributed by atoms with Gasteiger partial charge in [-0.05, 0) is 12.5 Å². The highest BCUT2D eigenvalue weighted by Gasteiger charge is 2.54. The van der Waals surface area contributed by atoms with Gasteiger partial charge in [-0.25, -0.2) is 0 Å². The summed E-state index contributed by atoms with van der Waals surface area (Å²) < 4.78 is 11.6. The minimum atomic E-state index is -1.22. The lowest BCUT2D eigenvalue weighted by molar-refractivity contribution is -0.301. The van der Waals surface area contributed by atoms with Gasteiger partial charge in [-0.15, -0.1) is 0 Å². The van der Waals surface area contributed by atoms with Crippen LogP contribution in [0.3, 0.4) is 0 Å². The number of ether oxygens (including phenoxy) is 2. The van der Waals surface area contributed by atoms with Gasteiger partial charge in [0.2, 0.25) is 5.79 Å². The molecule has 0 bridgehead atoms. The van der Waals surface area contributed by atoms with Gasteiger partial charge in [-0.2, -0.15) is 0 Å². The zero-order chi connectivity index (χ0) is 13.5. The van der Waals surface area contributed by atoms with Gasteiger partial charge < -0.3 is 24.8 Å². The Morgan fingerprint density at radius 3 is 2.79 bits per heavy atom. The smallest absolute Gasteiger partial charge is 0.243 e. The summed E-state index contributed by atoms with van der Waals surface area (Å²) >= 11 is 0. The van der Waals surface area contributed by atoms with E-state index >= 15 is 0 Å². The van der Waals surface area contributed by atoms with Crippen molar-refractivity contribution in [3.8, 4) is 5.75 Å². The van der Waals surface area contributed by atoms with Crippen molar-refractivity contribution in [1.82, 2.24) is 0 Å². The molecule has 5 heteroatoms. The van der Waals surface area contributed by atoms with Crippen molar-refractivity contribution in [2.75, 3.05) is 6.61 Å². The van der Waals surface area contributed by atoms with Crippen molar-refractivity contribution < 1.29 is 24.8 Å². The van der Waals surface area contributed by atoms with Crippen LogP contribution in [-0.2, 0) is 11.2 Å². The number of benzene rings is 1. The van der Waals surface area contributed by atoms with Crippen LogP contribution in [0.1, 0.15) is 18.4 Å². The van der Waals surface area contributed by atoms with E-state index in [0.717, 1.165) is 5.56 Å². The van der Waals surface area contributed by atoms with Crippen LogP contribution >= 0.6 is 0 Å². The predicted octanol–water partition coefficient (Wildman–Crippen LogP) is 0.211. The molecule has 0 aromatic heterocycles. The number of aliphatic hydroxyl groups is 3. The Balaban J connectivity index is 1.87. The van der Waals surface area contributed by atoms with Crippen molar-refractivity contribution in [2.45, 2.75) is 43.4 Å². The lowest BCUT2D eigenvalue weighted by Crippen LogP contribution is -2.60. The number of hydrogen-bond donors (Lipinski definition) is 3. The zero-order valence-electron chi connectivity index (χ0n) is 10.5. The van der Waals surface area contributed by atoms with Crippen LogP contribution < -0.4 is 4.74 Å². The molecule has 5 nitrogen and oxygen atoms in total. The third-order valence-electron chi connectivity index (χ3n) is 3.83. The Morgan fingerprint density at radius 2 is 2.05 bits per heavy atom. The zero-order valence-corrected chi connectivity index (χ0v) is 10.5. The molecule has 0 amide bonds. The van der Waals surface area contributed by atoms with Gasteiger partial charge in [0.1, 0.15) is 11.9 Å². The summed E-state index contributed by atoms with van der Waals surface area (Å²) in [5.74, 6) is -0.542. The minimum absolute atomic E-state index is 0.0174. The van der Waals surface area contributed by atoms with Crippen LogP contribution in [0.15, 0.2) is 24.3 Å². The van der Waals surface area contributed by atoms with Gasteiger partial charge in [-0.1, -0.05) is 18.2 Å². The van der Waals surface area contributed by atoms with Crippen LogP contribution in [0.2, 0.25) is 0 Å². The fraction of sp³-hybridized carbons (Fsp3) is 0.571. The highest BCUT2D eigenvalue weighted by atomic mass is 16.7. The second kappa shape index (κ2) is 4.76. The Labute approximate surface area is 111 Å². The molecule has 104 valence electrons. The fourth-order valence-electron chi connectivity index (χ4n) is 2.88. The van der Waals surface area contributed by atoms with Crippen molar-refractivity contribution in [1.29, 1.82) is 0 Å². The standard InChI is InChI=1S/C14H18O5/c15-6-5-10-7-11(16)13(17)14(18-10)8-9-3-1-2-4-12(9)19-14/h1-4,10-11,13,15-17H,5-8H2/t10-,11+,13-,14-/m1/s1. The van der Waals surface area contributed by atoms with Crippen molar-refractivity contribution >= 4 is 0 Å². The molecule has 0 aliphatic carbocycles. The molecule has 2 aliphatic rings. The second-order valence-electron chi connectivity index (χ2n) is 5.20. The topological polar surface area (TPSA) is 79.2 Å². The van der Waals surface area contributed by atoms with E-state index in [2.05, 4.69) is 0 Å². The van der Waals surface area contributed by atoms with Crippen LogP contribution in [0.5, 0.6) is 5.75 Å². The van der Waals surface area contributed by atoms with E-state index in [0.29, 0.717) is 25.0 Å². The first-order chi connectivity index (χ1) is 9.14. The molecule has 3 rings (SSSR count). The Hall–Kier alpha value is -1.14. The maximum absolute atomic E-state index is 10.2. The summed E-state index contributed by atoms with van der Waals surface area (Å²) in [6.07, 6.45) is -1.16. The predicted molar refractivity (Wildman–Crippen MR) is 66.7 cm³/mol. The number of rotatable bonds is 2. The first-order valence-electron chi connectivity index (χ1n) is 6.56. The molecule has 1 spiro atoms. The van der Waals surface area contributed by atoms with Crippen LogP contribution in [0, 0.1) is 0 Å². The highest BCUT2D eigenvalue weighted by molar-refractivity contribution is 5.39. The molecule has 0 saturated carbocycles. The normalized spacial score (nSPS) is 37.1. The van der Waals surface area contributed by atoms with E-state index < -0.39 is 18.0 Å². The van der Waals surface area contributed by atoms with Crippen molar-refractivity contribution in [3.05, 3.63) is 29.8 Å². The molecule has 1 aromatic carbocycles. The molecule has 1 aromatic rings. The third-order valence-corrected chi connectivity index (χ3v) is 3.83. The highest BCUT2D eigenvalue weighted by Crippen LogP contribution is 2.42. The SMILES string of the molecule is OCC[C@@H]1C[C@H](O)[C@@H](O)[C@]2(Cc3ccccc3O2)O1. The molecule has 2 heterocycles. The summed E-state index contributed by atoms with van der Waals surface area (Å²) in [5, 5.41) is 29.2. The molecule has 2 aliphatic heterocycles. The second-order valence-corrected chi connectivity index (χ2v) is 5.20. The van der Waals surface area contributed by atoms with Crippen LogP contribution in [-0.4, -0.2) is 46.0 Å². The summed E-state index contributed by atoms with van der Waals surface area (Å²) in [6.45, 7) is -0.0174. The largest absolute Gasteiger partial charge is 0.459 e. The van der Waals surface area contributed by atoms with Crippen LogP contribution in [0.25, 0.3) is 0 Å². The van der Waals surface area contributed by atoms with Crippen molar-refractivity contribution in [3.63, 3.8) is 0 Å². The van der Waals surface area contributed by atoms with E-state index in [1.807, 2.05) is 24.3 Å². The molecular weight excluding hydrogens is 248 g/mol. The van der Waals surface area contributed by atoms with E-state index in [-0.39, 0.29) is 12.7 Å². The summed E-state index contributed by atoms with van der Waals surface area (Å²) in [7, 11) is 0. The Bertz CT molecular complexity index is 436. The molecular formula is C14H18O5. The Kier molecular flexibility index (Phi) is 3.22. The summed E-state index contributed by atoms with van der Waals surface area (Å²) in [5.41, 5.74) is 0.957. The first kappa shape index (κ1) is 12.9. The summed E-state index contributed by atoms with van der Waals surface area (Å²) in [4.78, 5) is 0. The lowest BCUT2D eigenvalue weighted by Gasteiger charge is -2.43. The van der Waals surface area contributed by atoms with Crippen molar-refractivity contribution in [2.24, 2.45) is 0 Å². The van der Waals surface area contributed by atoms with Gasteiger partial charge in [-0.3, -0.25) is 0 Å². The maximum atomic E-state index is 10.2. The molecule has 3 N–H and O–H groups in total. The van der Waals surface area contributed by atoms with E-state index in [9.17, 15) is 10.2 Å². The van der Waals surface area contributed by atoms with E-state index in [4.69, 9.17) is 14.6 Å². The molecule has 0 radical (unpaired) electrons. The minimum Gasteiger partial charge on any atom is -0.459 e. The number of hydrogen-bond acceptors (Lipinski definition) is 5. The van der Waals surface area contributed by atoms with Gasteiger partial charge >= 0.3 is 0 Å².